The van der Waals surface area contributed by atoms with Crippen LogP contribution >= 0.6 is 11.6 Å². The number of carboxylic acids is 1. The predicted molar refractivity (Wildman–Crippen MR) is 81.5 cm³/mol. The first-order valence-electron chi connectivity index (χ1n) is 6.87. The number of carbonyl (C=O) groups excluding carboxylic acids is 1. The van der Waals surface area contributed by atoms with E-state index in [4.69, 9.17) is 16.3 Å². The number of hydrogen-bond donors (Lipinski definition) is 1. The molecule has 0 spiro atoms. The topological polar surface area (TPSA) is 68.5 Å². The van der Waals surface area contributed by atoms with Gasteiger partial charge in [-0.3, -0.25) is 0 Å². The third-order valence-corrected chi connectivity index (χ3v) is 4.13. The van der Waals surface area contributed by atoms with E-state index >= 15 is 0 Å². The monoisotopic (exact) mass is 319 g/mol. The molecule has 0 saturated heterocycles. The van der Waals surface area contributed by atoms with Crippen molar-refractivity contribution in [3.8, 4) is 11.3 Å². The number of halogens is 1. The first kappa shape index (κ1) is 14.7. The standard InChI is InChI=1S/C16H14ClNO4/c1-22-16(21)12-8-14(18-6-2-3-13(12)18)11-7-9(17)4-5-10(11)15(19)20/h4-5,7-8H,2-3,6H2,1H3,(H,19,20). The quantitative estimate of drug-likeness (QED) is 0.882. The van der Waals surface area contributed by atoms with E-state index in [0.29, 0.717) is 21.8 Å². The van der Waals surface area contributed by atoms with Crippen LogP contribution in [-0.4, -0.2) is 28.7 Å². The number of nitrogens with zero attached hydrogens (tertiary/aromatic N) is 1. The Balaban J connectivity index is 2.24. The number of esters is 1. The van der Waals surface area contributed by atoms with Gasteiger partial charge in [-0.15, -0.1) is 0 Å². The highest BCUT2D eigenvalue weighted by atomic mass is 35.5. The fourth-order valence-electron chi connectivity index (χ4n) is 2.94. The Hall–Kier alpha value is -2.27. The number of methoxy groups -OCH3 is 1. The largest absolute Gasteiger partial charge is 0.478 e. The van der Waals surface area contributed by atoms with Gasteiger partial charge in [0, 0.05) is 22.8 Å². The summed E-state index contributed by atoms with van der Waals surface area (Å²) in [6.45, 7) is 0.743. The molecule has 1 aliphatic rings. The maximum absolute atomic E-state index is 11.9. The summed E-state index contributed by atoms with van der Waals surface area (Å²) in [5, 5.41) is 9.84. The van der Waals surface area contributed by atoms with E-state index < -0.39 is 11.9 Å². The van der Waals surface area contributed by atoms with E-state index in [1.54, 1.807) is 18.2 Å². The lowest BCUT2D eigenvalue weighted by atomic mass is 10.0. The van der Waals surface area contributed by atoms with Gasteiger partial charge in [0.2, 0.25) is 0 Å². The molecule has 0 amide bonds. The summed E-state index contributed by atoms with van der Waals surface area (Å²) < 4.78 is 6.79. The minimum absolute atomic E-state index is 0.160. The number of carbonyl (C=O) groups is 2. The minimum Gasteiger partial charge on any atom is -0.478 e. The van der Waals surface area contributed by atoms with Gasteiger partial charge in [-0.05, 0) is 37.1 Å². The smallest absolute Gasteiger partial charge is 0.339 e. The van der Waals surface area contributed by atoms with E-state index in [2.05, 4.69) is 0 Å². The van der Waals surface area contributed by atoms with Crippen molar-refractivity contribution in [3.63, 3.8) is 0 Å². The molecule has 0 fully saturated rings. The van der Waals surface area contributed by atoms with Gasteiger partial charge in [0.25, 0.3) is 0 Å². The summed E-state index contributed by atoms with van der Waals surface area (Å²) in [6.07, 6.45) is 1.68. The van der Waals surface area contributed by atoms with Crippen molar-refractivity contribution >= 4 is 23.5 Å². The third kappa shape index (κ3) is 2.27. The van der Waals surface area contributed by atoms with Crippen molar-refractivity contribution in [1.82, 2.24) is 4.57 Å². The zero-order chi connectivity index (χ0) is 15.9. The molecule has 0 bridgehead atoms. The fourth-order valence-corrected chi connectivity index (χ4v) is 3.12. The van der Waals surface area contributed by atoms with Crippen LogP contribution in [0.25, 0.3) is 11.3 Å². The van der Waals surface area contributed by atoms with E-state index in [9.17, 15) is 14.7 Å². The van der Waals surface area contributed by atoms with Gasteiger partial charge in [0.1, 0.15) is 0 Å². The summed E-state index contributed by atoms with van der Waals surface area (Å²) in [5.41, 5.74) is 2.74. The normalized spacial score (nSPS) is 13.0. The molecular formula is C16H14ClNO4. The van der Waals surface area contributed by atoms with Gasteiger partial charge in [-0.2, -0.15) is 0 Å². The molecule has 0 unspecified atom stereocenters. The van der Waals surface area contributed by atoms with E-state index in [1.807, 2.05) is 4.57 Å². The van der Waals surface area contributed by atoms with E-state index in [1.165, 1.54) is 13.2 Å². The van der Waals surface area contributed by atoms with Crippen LogP contribution < -0.4 is 0 Å². The number of carboxylic acid groups (broad SMARTS) is 1. The summed E-state index contributed by atoms with van der Waals surface area (Å²) in [5.74, 6) is -1.43. The highest BCUT2D eigenvalue weighted by molar-refractivity contribution is 6.31. The summed E-state index contributed by atoms with van der Waals surface area (Å²) in [6, 6.07) is 6.34. The second-order valence-corrected chi connectivity index (χ2v) is 5.57. The Kier molecular flexibility index (Phi) is 3.66. The first-order chi connectivity index (χ1) is 10.5. The van der Waals surface area contributed by atoms with Crippen LogP contribution in [0.5, 0.6) is 0 Å². The maximum atomic E-state index is 11.9. The Morgan fingerprint density at radius 3 is 2.73 bits per heavy atom. The molecule has 0 aliphatic carbocycles. The molecule has 5 nitrogen and oxygen atoms in total. The van der Waals surface area contributed by atoms with Gasteiger partial charge < -0.3 is 14.4 Å². The van der Waals surface area contributed by atoms with Crippen molar-refractivity contribution in [1.29, 1.82) is 0 Å². The lowest BCUT2D eigenvalue weighted by Gasteiger charge is -2.09. The summed E-state index contributed by atoms with van der Waals surface area (Å²) >= 11 is 6.03. The van der Waals surface area contributed by atoms with Crippen molar-refractivity contribution in [2.24, 2.45) is 0 Å². The molecule has 1 aromatic carbocycles. The molecule has 6 heteroatoms. The van der Waals surface area contributed by atoms with Crippen LogP contribution in [0, 0.1) is 0 Å². The van der Waals surface area contributed by atoms with Gasteiger partial charge in [-0.1, -0.05) is 11.6 Å². The molecule has 3 rings (SSSR count). The summed E-state index contributed by atoms with van der Waals surface area (Å²) in [4.78, 5) is 23.4. The Bertz CT molecular complexity index is 779. The number of benzene rings is 1. The molecule has 0 radical (unpaired) electrons. The highest BCUT2D eigenvalue weighted by Gasteiger charge is 2.26. The Morgan fingerprint density at radius 2 is 2.05 bits per heavy atom. The van der Waals surface area contributed by atoms with E-state index in [-0.39, 0.29) is 5.56 Å². The number of aromatic carboxylic acids is 1. The molecule has 114 valence electrons. The van der Waals surface area contributed by atoms with E-state index in [0.717, 1.165) is 25.1 Å². The van der Waals surface area contributed by atoms with Crippen molar-refractivity contribution < 1.29 is 19.4 Å². The van der Waals surface area contributed by atoms with Crippen molar-refractivity contribution in [3.05, 3.63) is 46.1 Å². The number of aromatic nitrogens is 1. The molecule has 1 aliphatic heterocycles. The molecule has 2 aromatic rings. The lowest BCUT2D eigenvalue weighted by Crippen LogP contribution is -2.04. The van der Waals surface area contributed by atoms with Crippen LogP contribution in [0.2, 0.25) is 5.02 Å². The van der Waals surface area contributed by atoms with Crippen LogP contribution in [0.3, 0.4) is 0 Å². The van der Waals surface area contributed by atoms with Gasteiger partial charge in [0.15, 0.2) is 0 Å². The lowest BCUT2D eigenvalue weighted by molar-refractivity contribution is 0.0599. The van der Waals surface area contributed by atoms with Gasteiger partial charge >= 0.3 is 11.9 Å². The third-order valence-electron chi connectivity index (χ3n) is 3.90. The molecule has 1 N–H and O–H groups in total. The van der Waals surface area contributed by atoms with Crippen molar-refractivity contribution in [2.45, 2.75) is 19.4 Å². The average molecular weight is 320 g/mol. The Labute approximate surface area is 132 Å². The number of fused-ring (bicyclic) bond motifs is 1. The molecule has 22 heavy (non-hydrogen) atoms. The molecule has 1 aromatic heterocycles. The van der Waals surface area contributed by atoms with Gasteiger partial charge in [-0.25, -0.2) is 9.59 Å². The molecule has 0 saturated carbocycles. The number of hydrogen-bond acceptors (Lipinski definition) is 3. The average Bonchev–Trinajstić information content (AvgIpc) is 3.07. The highest BCUT2D eigenvalue weighted by Crippen LogP contribution is 2.34. The predicted octanol–water partition coefficient (Wildman–Crippen LogP) is 3.24. The van der Waals surface area contributed by atoms with Crippen molar-refractivity contribution in [2.75, 3.05) is 7.11 Å². The maximum Gasteiger partial charge on any atom is 0.339 e. The minimum atomic E-state index is -1.03. The molecule has 0 atom stereocenters. The zero-order valence-corrected chi connectivity index (χ0v) is 12.7. The number of ether oxygens (including phenoxy) is 1. The fraction of sp³-hybridized carbons (Fsp3) is 0.250. The molecular weight excluding hydrogens is 306 g/mol. The van der Waals surface area contributed by atoms with Gasteiger partial charge in [0.05, 0.1) is 23.9 Å². The van der Waals surface area contributed by atoms with Crippen LogP contribution in [0.4, 0.5) is 0 Å². The SMILES string of the molecule is COC(=O)c1cc(-c2cc(Cl)ccc2C(=O)O)n2c1CCC2. The summed E-state index contributed by atoms with van der Waals surface area (Å²) in [7, 11) is 1.34. The number of rotatable bonds is 3. The van der Waals surface area contributed by atoms with Crippen LogP contribution in [0.15, 0.2) is 24.3 Å². The molecule has 2 heterocycles. The second-order valence-electron chi connectivity index (χ2n) is 5.13. The first-order valence-corrected chi connectivity index (χ1v) is 7.24. The second kappa shape index (κ2) is 5.50. The van der Waals surface area contributed by atoms with Crippen LogP contribution in [0.1, 0.15) is 32.8 Å². The Morgan fingerprint density at radius 1 is 1.27 bits per heavy atom. The zero-order valence-electron chi connectivity index (χ0n) is 11.9. The van der Waals surface area contributed by atoms with Crippen LogP contribution in [-0.2, 0) is 17.7 Å².